The molecule has 1 saturated heterocycles. The first-order valence-electron chi connectivity index (χ1n) is 7.45. The maximum Gasteiger partial charge on any atom is 0.222 e. The van der Waals surface area contributed by atoms with E-state index in [0.717, 1.165) is 12.8 Å². The van der Waals surface area contributed by atoms with E-state index in [9.17, 15) is 9.59 Å². The van der Waals surface area contributed by atoms with Crippen molar-refractivity contribution in [2.24, 2.45) is 5.92 Å². The highest BCUT2D eigenvalue weighted by Gasteiger charge is 2.25. The number of piperidine rings is 1. The number of ketones is 1. The zero-order valence-electron chi connectivity index (χ0n) is 11.9. The predicted molar refractivity (Wildman–Crippen MR) is 73.4 cm³/mol. The van der Waals surface area contributed by atoms with Crippen LogP contribution in [0.3, 0.4) is 0 Å². The summed E-state index contributed by atoms with van der Waals surface area (Å²) in [6.07, 6.45) is 8.47. The Hall–Kier alpha value is -0.860. The quantitative estimate of drug-likeness (QED) is 0.653. The monoisotopic (exact) mass is 253 g/mol. The SMILES string of the molecule is CCCCCCCCC(=O)N1CCC(=O)C(C)C1. The Balaban J connectivity index is 2.11. The molecule has 1 fully saturated rings. The van der Waals surface area contributed by atoms with Crippen molar-refractivity contribution < 1.29 is 9.59 Å². The maximum absolute atomic E-state index is 12.0. The molecule has 1 aliphatic heterocycles. The third kappa shape index (κ3) is 5.19. The molecule has 1 aliphatic rings. The Morgan fingerprint density at radius 1 is 1.22 bits per heavy atom. The average Bonchev–Trinajstić information content (AvgIpc) is 2.36. The second-order valence-corrected chi connectivity index (χ2v) is 5.47. The number of rotatable bonds is 7. The summed E-state index contributed by atoms with van der Waals surface area (Å²) in [5.41, 5.74) is 0. The van der Waals surface area contributed by atoms with Gasteiger partial charge in [-0.3, -0.25) is 9.59 Å². The van der Waals surface area contributed by atoms with Crippen LogP contribution in [-0.2, 0) is 9.59 Å². The predicted octanol–water partition coefficient (Wildman–Crippen LogP) is 3.17. The number of amides is 1. The summed E-state index contributed by atoms with van der Waals surface area (Å²) in [6.45, 7) is 5.40. The largest absolute Gasteiger partial charge is 0.342 e. The number of carbonyl (C=O) groups excluding carboxylic acids is 2. The van der Waals surface area contributed by atoms with E-state index < -0.39 is 0 Å². The van der Waals surface area contributed by atoms with E-state index in [1.807, 2.05) is 11.8 Å². The Labute approximate surface area is 111 Å². The fraction of sp³-hybridized carbons (Fsp3) is 0.867. The normalized spacial score (nSPS) is 20.2. The molecule has 3 heteroatoms. The number of carbonyl (C=O) groups is 2. The molecule has 0 aromatic carbocycles. The highest BCUT2D eigenvalue weighted by molar-refractivity contribution is 5.85. The first-order valence-corrected chi connectivity index (χ1v) is 7.45. The lowest BCUT2D eigenvalue weighted by Crippen LogP contribution is -2.43. The Kier molecular flexibility index (Phi) is 6.99. The van der Waals surface area contributed by atoms with Gasteiger partial charge in [-0.05, 0) is 6.42 Å². The lowest BCUT2D eigenvalue weighted by Gasteiger charge is -2.30. The number of nitrogens with zero attached hydrogens (tertiary/aromatic N) is 1. The molecule has 0 radical (unpaired) electrons. The molecule has 0 aromatic heterocycles. The zero-order chi connectivity index (χ0) is 13.4. The molecule has 0 aromatic rings. The molecule has 18 heavy (non-hydrogen) atoms. The standard InChI is InChI=1S/C15H27NO2/c1-3-4-5-6-7-8-9-15(18)16-11-10-14(17)13(2)12-16/h13H,3-12H2,1-2H3. The van der Waals surface area contributed by atoms with Crippen molar-refractivity contribution >= 4 is 11.7 Å². The summed E-state index contributed by atoms with van der Waals surface area (Å²) in [5.74, 6) is 0.579. The second kappa shape index (κ2) is 8.28. The number of unbranched alkanes of at least 4 members (excludes halogenated alkanes) is 5. The van der Waals surface area contributed by atoms with Gasteiger partial charge in [-0.1, -0.05) is 46.0 Å². The van der Waals surface area contributed by atoms with Gasteiger partial charge in [0.2, 0.25) is 5.91 Å². The molecule has 0 aliphatic carbocycles. The molecule has 0 bridgehead atoms. The van der Waals surface area contributed by atoms with Gasteiger partial charge in [0.15, 0.2) is 0 Å². The van der Waals surface area contributed by atoms with Crippen LogP contribution in [0.5, 0.6) is 0 Å². The van der Waals surface area contributed by atoms with Crippen molar-refractivity contribution in [1.29, 1.82) is 0 Å². The summed E-state index contributed by atoms with van der Waals surface area (Å²) >= 11 is 0. The van der Waals surface area contributed by atoms with Gasteiger partial charge >= 0.3 is 0 Å². The van der Waals surface area contributed by atoms with Crippen LogP contribution in [-0.4, -0.2) is 29.7 Å². The van der Waals surface area contributed by atoms with E-state index in [1.54, 1.807) is 0 Å². The van der Waals surface area contributed by atoms with E-state index in [1.165, 1.54) is 25.7 Å². The first kappa shape index (κ1) is 15.2. The first-order chi connectivity index (χ1) is 8.65. The Morgan fingerprint density at radius 3 is 2.56 bits per heavy atom. The van der Waals surface area contributed by atoms with Gasteiger partial charge in [-0.25, -0.2) is 0 Å². The molecule has 1 atom stereocenters. The van der Waals surface area contributed by atoms with E-state index in [4.69, 9.17) is 0 Å². The molecule has 0 spiro atoms. The zero-order valence-corrected chi connectivity index (χ0v) is 11.9. The topological polar surface area (TPSA) is 37.4 Å². The third-order valence-electron chi connectivity index (χ3n) is 3.77. The Bertz CT molecular complexity index is 276. The smallest absolute Gasteiger partial charge is 0.222 e. The molecular weight excluding hydrogens is 226 g/mol. The Morgan fingerprint density at radius 2 is 1.89 bits per heavy atom. The molecule has 0 saturated carbocycles. The van der Waals surface area contributed by atoms with E-state index >= 15 is 0 Å². The number of Topliss-reactive ketones (excluding diaryl/α,β-unsaturated/α-hetero) is 1. The lowest BCUT2D eigenvalue weighted by molar-refractivity contribution is -0.136. The number of likely N-dealkylation sites (tertiary alicyclic amines) is 1. The number of hydrogen-bond acceptors (Lipinski definition) is 2. The van der Waals surface area contributed by atoms with Crippen molar-refractivity contribution in [1.82, 2.24) is 4.90 Å². The van der Waals surface area contributed by atoms with Crippen LogP contribution < -0.4 is 0 Å². The number of hydrogen-bond donors (Lipinski definition) is 0. The van der Waals surface area contributed by atoms with Gasteiger partial charge in [0.05, 0.1) is 0 Å². The van der Waals surface area contributed by atoms with Crippen LogP contribution >= 0.6 is 0 Å². The van der Waals surface area contributed by atoms with Crippen LogP contribution in [0.15, 0.2) is 0 Å². The van der Waals surface area contributed by atoms with Gasteiger partial charge < -0.3 is 4.90 Å². The lowest BCUT2D eigenvalue weighted by atomic mass is 9.98. The van der Waals surface area contributed by atoms with E-state index in [0.29, 0.717) is 31.7 Å². The molecule has 1 rings (SSSR count). The molecule has 1 unspecified atom stereocenters. The van der Waals surface area contributed by atoms with E-state index in [2.05, 4.69) is 6.92 Å². The highest BCUT2D eigenvalue weighted by atomic mass is 16.2. The fourth-order valence-corrected chi connectivity index (χ4v) is 2.46. The van der Waals surface area contributed by atoms with Gasteiger partial charge in [0.25, 0.3) is 0 Å². The molecule has 1 amide bonds. The summed E-state index contributed by atoms with van der Waals surface area (Å²) in [6, 6.07) is 0. The highest BCUT2D eigenvalue weighted by Crippen LogP contribution is 2.15. The summed E-state index contributed by atoms with van der Waals surface area (Å²) in [7, 11) is 0. The molecule has 0 N–H and O–H groups in total. The van der Waals surface area contributed by atoms with Gasteiger partial charge in [0, 0.05) is 31.8 Å². The van der Waals surface area contributed by atoms with Gasteiger partial charge in [-0.15, -0.1) is 0 Å². The average molecular weight is 253 g/mol. The van der Waals surface area contributed by atoms with Crippen molar-refractivity contribution in [2.75, 3.05) is 13.1 Å². The van der Waals surface area contributed by atoms with Crippen molar-refractivity contribution in [3.05, 3.63) is 0 Å². The van der Waals surface area contributed by atoms with E-state index in [-0.39, 0.29) is 11.8 Å². The van der Waals surface area contributed by atoms with Gasteiger partial charge in [0.1, 0.15) is 5.78 Å². The van der Waals surface area contributed by atoms with Crippen molar-refractivity contribution in [2.45, 2.75) is 65.2 Å². The minimum Gasteiger partial charge on any atom is -0.342 e. The molecule has 1 heterocycles. The maximum atomic E-state index is 12.0. The molecular formula is C15H27NO2. The van der Waals surface area contributed by atoms with Gasteiger partial charge in [-0.2, -0.15) is 0 Å². The minimum atomic E-state index is 0.0345. The molecule has 3 nitrogen and oxygen atoms in total. The summed E-state index contributed by atoms with van der Waals surface area (Å²) in [4.78, 5) is 25.2. The summed E-state index contributed by atoms with van der Waals surface area (Å²) < 4.78 is 0. The fourth-order valence-electron chi connectivity index (χ4n) is 2.46. The van der Waals surface area contributed by atoms with Crippen LogP contribution in [0.2, 0.25) is 0 Å². The van der Waals surface area contributed by atoms with Crippen molar-refractivity contribution in [3.8, 4) is 0 Å². The van der Waals surface area contributed by atoms with Crippen LogP contribution in [0.1, 0.15) is 65.2 Å². The summed E-state index contributed by atoms with van der Waals surface area (Å²) in [5, 5.41) is 0. The minimum absolute atomic E-state index is 0.0345. The van der Waals surface area contributed by atoms with Crippen LogP contribution in [0, 0.1) is 5.92 Å². The van der Waals surface area contributed by atoms with Crippen LogP contribution in [0.4, 0.5) is 0 Å². The third-order valence-corrected chi connectivity index (χ3v) is 3.77. The van der Waals surface area contributed by atoms with Crippen LogP contribution in [0.25, 0.3) is 0 Å². The molecule has 104 valence electrons. The van der Waals surface area contributed by atoms with Crippen molar-refractivity contribution in [3.63, 3.8) is 0 Å². The second-order valence-electron chi connectivity index (χ2n) is 5.47.